The highest BCUT2D eigenvalue weighted by atomic mass is 127. The summed E-state index contributed by atoms with van der Waals surface area (Å²) in [6.45, 7) is -1.22. The maximum Gasteiger partial charge on any atom is 0.272 e. The van der Waals surface area contributed by atoms with E-state index in [1.807, 2.05) is 22.6 Å². The van der Waals surface area contributed by atoms with Crippen LogP contribution in [0.2, 0.25) is 0 Å². The molecule has 2 N–H and O–H groups in total. The normalized spacial score (nSPS) is 10.6. The predicted molar refractivity (Wildman–Crippen MR) is 93.4 cm³/mol. The number of amides is 1. The van der Waals surface area contributed by atoms with Crippen LogP contribution in [0.4, 0.5) is 24.5 Å². The van der Waals surface area contributed by atoms with E-state index in [0.29, 0.717) is 8.63 Å². The molecule has 0 saturated heterocycles. The third kappa shape index (κ3) is 4.61. The van der Waals surface area contributed by atoms with Crippen molar-refractivity contribution in [2.24, 2.45) is 0 Å². The smallest absolute Gasteiger partial charge is 0.272 e. The molecular formula is C16H14F3IN2O3. The molecular weight excluding hydrogens is 452 g/mol. The van der Waals surface area contributed by atoms with Crippen molar-refractivity contribution in [3.63, 3.8) is 0 Å². The van der Waals surface area contributed by atoms with Crippen molar-refractivity contribution in [2.45, 2.75) is 6.54 Å². The quantitative estimate of drug-likeness (QED) is 0.507. The summed E-state index contributed by atoms with van der Waals surface area (Å²) in [7, 11) is 1.16. The van der Waals surface area contributed by atoms with Crippen molar-refractivity contribution in [3.05, 3.63) is 56.9 Å². The molecule has 2 aromatic rings. The first kappa shape index (κ1) is 19.5. The Labute approximate surface area is 155 Å². The Morgan fingerprint density at radius 3 is 2.48 bits per heavy atom. The van der Waals surface area contributed by atoms with Gasteiger partial charge < -0.3 is 10.4 Å². The molecule has 0 fully saturated rings. The van der Waals surface area contributed by atoms with Gasteiger partial charge in [-0.2, -0.15) is 0 Å². The average Bonchev–Trinajstić information content (AvgIpc) is 2.59. The number of aliphatic hydroxyl groups is 1. The fourth-order valence-corrected chi connectivity index (χ4v) is 2.49. The molecule has 0 atom stereocenters. The van der Waals surface area contributed by atoms with Gasteiger partial charge in [-0.05, 0) is 46.9 Å². The van der Waals surface area contributed by atoms with E-state index < -0.39 is 36.5 Å². The lowest BCUT2D eigenvalue weighted by molar-refractivity contribution is -0.182. The summed E-state index contributed by atoms with van der Waals surface area (Å²) in [5.74, 6) is -3.83. The van der Waals surface area contributed by atoms with Crippen LogP contribution in [0.15, 0.2) is 30.3 Å². The first-order chi connectivity index (χ1) is 11.9. The molecule has 0 radical (unpaired) electrons. The Kier molecular flexibility index (Phi) is 6.62. The molecule has 1 amide bonds. The summed E-state index contributed by atoms with van der Waals surface area (Å²) in [5.41, 5.74) is -0.408. The molecule has 0 bridgehead atoms. The third-order valence-corrected chi connectivity index (χ3v) is 3.98. The van der Waals surface area contributed by atoms with Crippen LogP contribution in [0.3, 0.4) is 0 Å². The van der Waals surface area contributed by atoms with Gasteiger partial charge in [0.05, 0.1) is 25.0 Å². The summed E-state index contributed by atoms with van der Waals surface area (Å²) in [6.07, 6.45) is 0. The predicted octanol–water partition coefficient (Wildman–Crippen LogP) is 3.33. The molecule has 0 aliphatic heterocycles. The fourth-order valence-electron chi connectivity index (χ4n) is 2.03. The second-order valence-electron chi connectivity index (χ2n) is 4.92. The van der Waals surface area contributed by atoms with E-state index in [2.05, 4.69) is 5.32 Å². The molecule has 0 aromatic heterocycles. The molecule has 0 saturated carbocycles. The second-order valence-corrected chi connectivity index (χ2v) is 6.17. The molecule has 2 rings (SSSR count). The molecule has 2 aromatic carbocycles. The number of hydroxylamine groups is 2. The average molecular weight is 466 g/mol. The number of hydrogen-bond donors (Lipinski definition) is 2. The van der Waals surface area contributed by atoms with Crippen molar-refractivity contribution >= 4 is 39.9 Å². The summed E-state index contributed by atoms with van der Waals surface area (Å²) >= 11 is 1.93. The van der Waals surface area contributed by atoms with E-state index in [9.17, 15) is 18.0 Å². The maximum absolute atomic E-state index is 14.2. The lowest BCUT2D eigenvalue weighted by Gasteiger charge is -2.19. The van der Waals surface area contributed by atoms with Crippen molar-refractivity contribution in [1.82, 2.24) is 5.06 Å². The van der Waals surface area contributed by atoms with Crippen molar-refractivity contribution < 1.29 is 27.9 Å². The number of nitrogens with zero attached hydrogens (tertiary/aromatic N) is 1. The topological polar surface area (TPSA) is 61.8 Å². The molecule has 0 unspecified atom stereocenters. The largest absolute Gasteiger partial charge is 0.386 e. The molecule has 0 aliphatic rings. The van der Waals surface area contributed by atoms with Gasteiger partial charge in [0.2, 0.25) is 0 Å². The standard InChI is InChI=1S/C16H14F3IN2O3/c1-25-22(14(24)8-23)7-9-2-4-13(16(19)15(9)18)21-12-5-3-10(20)6-11(12)17/h2-6,21,23H,7-8H2,1H3. The molecule has 0 aliphatic carbocycles. The van der Waals surface area contributed by atoms with Gasteiger partial charge in [0, 0.05) is 9.13 Å². The number of carbonyl (C=O) groups is 1. The lowest BCUT2D eigenvalue weighted by atomic mass is 10.1. The number of anilines is 2. The van der Waals surface area contributed by atoms with E-state index in [1.54, 1.807) is 6.07 Å². The van der Waals surface area contributed by atoms with E-state index in [1.165, 1.54) is 24.3 Å². The number of nitrogens with one attached hydrogen (secondary N) is 1. The summed E-state index contributed by atoms with van der Waals surface area (Å²) in [6, 6.07) is 6.74. The van der Waals surface area contributed by atoms with Gasteiger partial charge in [0.1, 0.15) is 12.4 Å². The highest BCUT2D eigenvalue weighted by molar-refractivity contribution is 14.1. The first-order valence-electron chi connectivity index (χ1n) is 7.01. The summed E-state index contributed by atoms with van der Waals surface area (Å²) in [5, 5.41) is 12.0. The van der Waals surface area contributed by atoms with Crippen molar-refractivity contribution in [1.29, 1.82) is 0 Å². The highest BCUT2D eigenvalue weighted by Crippen LogP contribution is 2.27. The summed E-state index contributed by atoms with van der Waals surface area (Å²) < 4.78 is 43.0. The maximum atomic E-state index is 14.2. The monoisotopic (exact) mass is 466 g/mol. The Balaban J connectivity index is 2.26. The zero-order chi connectivity index (χ0) is 18.6. The Morgan fingerprint density at radius 1 is 1.20 bits per heavy atom. The van der Waals surface area contributed by atoms with Crippen LogP contribution in [0, 0.1) is 21.0 Å². The van der Waals surface area contributed by atoms with E-state index in [0.717, 1.165) is 7.11 Å². The molecule has 134 valence electrons. The highest BCUT2D eigenvalue weighted by Gasteiger charge is 2.19. The van der Waals surface area contributed by atoms with Crippen LogP contribution in [0.25, 0.3) is 0 Å². The molecule has 0 spiro atoms. The minimum atomic E-state index is -1.22. The van der Waals surface area contributed by atoms with Crippen LogP contribution >= 0.6 is 22.6 Å². The number of halogens is 4. The van der Waals surface area contributed by atoms with Gasteiger partial charge in [-0.15, -0.1) is 0 Å². The number of carbonyl (C=O) groups excluding carboxylic acids is 1. The number of benzene rings is 2. The van der Waals surface area contributed by atoms with Crippen molar-refractivity contribution in [2.75, 3.05) is 19.0 Å². The Morgan fingerprint density at radius 2 is 1.88 bits per heavy atom. The second kappa shape index (κ2) is 8.50. The fraction of sp³-hybridized carbons (Fsp3) is 0.188. The van der Waals surface area contributed by atoms with E-state index in [-0.39, 0.29) is 16.9 Å². The zero-order valence-corrected chi connectivity index (χ0v) is 15.2. The van der Waals surface area contributed by atoms with Crippen LogP contribution in [0.5, 0.6) is 0 Å². The first-order valence-corrected chi connectivity index (χ1v) is 8.09. The number of aliphatic hydroxyl groups excluding tert-OH is 1. The lowest BCUT2D eigenvalue weighted by Crippen LogP contribution is -2.32. The molecule has 25 heavy (non-hydrogen) atoms. The Hall–Kier alpha value is -1.85. The van der Waals surface area contributed by atoms with Gasteiger partial charge in [-0.3, -0.25) is 9.63 Å². The molecule has 9 heteroatoms. The van der Waals surface area contributed by atoms with E-state index in [4.69, 9.17) is 9.94 Å². The molecule has 5 nitrogen and oxygen atoms in total. The van der Waals surface area contributed by atoms with Crippen LogP contribution in [0.1, 0.15) is 5.56 Å². The summed E-state index contributed by atoms with van der Waals surface area (Å²) in [4.78, 5) is 16.1. The number of hydrogen-bond acceptors (Lipinski definition) is 4. The number of rotatable bonds is 6. The van der Waals surface area contributed by atoms with Crippen molar-refractivity contribution in [3.8, 4) is 0 Å². The minimum Gasteiger partial charge on any atom is -0.386 e. The Bertz CT molecular complexity index is 789. The van der Waals surface area contributed by atoms with Gasteiger partial charge in [0.25, 0.3) is 5.91 Å². The molecule has 0 heterocycles. The van der Waals surface area contributed by atoms with Gasteiger partial charge >= 0.3 is 0 Å². The van der Waals surface area contributed by atoms with Gasteiger partial charge in [0.15, 0.2) is 11.6 Å². The van der Waals surface area contributed by atoms with E-state index >= 15 is 0 Å². The van der Waals surface area contributed by atoms with Gasteiger partial charge in [-0.25, -0.2) is 18.2 Å². The van der Waals surface area contributed by atoms with Gasteiger partial charge in [-0.1, -0.05) is 6.07 Å². The third-order valence-electron chi connectivity index (χ3n) is 3.31. The van der Waals surface area contributed by atoms with Crippen LogP contribution in [-0.4, -0.2) is 29.8 Å². The van der Waals surface area contributed by atoms with Crippen LogP contribution < -0.4 is 5.32 Å². The minimum absolute atomic E-state index is 0.000410. The van der Waals surface area contributed by atoms with Crippen LogP contribution in [-0.2, 0) is 16.2 Å². The SMILES string of the molecule is CON(Cc1ccc(Nc2ccc(I)cc2F)c(F)c1F)C(=O)CO. The zero-order valence-electron chi connectivity index (χ0n) is 13.0.